The monoisotopic (exact) mass is 472 g/mol. The molecule has 0 spiro atoms. The van der Waals surface area contributed by atoms with Gasteiger partial charge in [0.2, 0.25) is 0 Å². The second-order valence-corrected chi connectivity index (χ2v) is 10.1. The zero-order valence-electron chi connectivity index (χ0n) is 20.0. The third-order valence-corrected chi connectivity index (χ3v) is 7.33. The molecular formula is C27H37ClN2O3. The van der Waals surface area contributed by atoms with E-state index < -0.39 is 5.60 Å². The van der Waals surface area contributed by atoms with Crippen molar-refractivity contribution in [1.82, 2.24) is 9.80 Å². The number of ether oxygens (including phenoxy) is 2. The summed E-state index contributed by atoms with van der Waals surface area (Å²) in [5.41, 5.74) is 2.34. The van der Waals surface area contributed by atoms with Gasteiger partial charge in [-0.1, -0.05) is 23.7 Å². The van der Waals surface area contributed by atoms with E-state index in [4.69, 9.17) is 21.1 Å². The lowest BCUT2D eigenvalue weighted by atomic mass is 9.93. The van der Waals surface area contributed by atoms with Gasteiger partial charge in [-0.25, -0.2) is 0 Å². The van der Waals surface area contributed by atoms with Crippen LogP contribution in [-0.2, 0) is 6.54 Å². The molecule has 0 unspecified atom stereocenters. The maximum absolute atomic E-state index is 11.2. The molecule has 2 fully saturated rings. The quantitative estimate of drug-likeness (QED) is 0.566. The Hall–Kier alpha value is -1.79. The van der Waals surface area contributed by atoms with E-state index in [2.05, 4.69) is 28.0 Å². The van der Waals surface area contributed by atoms with E-state index in [0.717, 1.165) is 66.7 Å². The molecule has 0 saturated carbocycles. The molecule has 2 heterocycles. The van der Waals surface area contributed by atoms with Crippen LogP contribution in [-0.4, -0.2) is 66.4 Å². The summed E-state index contributed by atoms with van der Waals surface area (Å²) in [5, 5.41) is 12.0. The highest BCUT2D eigenvalue weighted by Gasteiger charge is 2.34. The Morgan fingerprint density at radius 3 is 2.42 bits per heavy atom. The van der Waals surface area contributed by atoms with Crippen LogP contribution in [0.1, 0.15) is 42.4 Å². The number of aliphatic hydroxyl groups is 1. The second-order valence-electron chi connectivity index (χ2n) is 9.74. The first-order valence-corrected chi connectivity index (χ1v) is 12.6. The summed E-state index contributed by atoms with van der Waals surface area (Å²) < 4.78 is 12.0. The van der Waals surface area contributed by atoms with Gasteiger partial charge in [0.1, 0.15) is 30.3 Å². The molecule has 180 valence electrons. The summed E-state index contributed by atoms with van der Waals surface area (Å²) in [4.78, 5) is 4.78. The van der Waals surface area contributed by atoms with Crippen LogP contribution in [0.5, 0.6) is 11.5 Å². The van der Waals surface area contributed by atoms with E-state index in [0.29, 0.717) is 6.54 Å². The molecule has 6 heteroatoms. The van der Waals surface area contributed by atoms with Crippen molar-refractivity contribution in [2.45, 2.75) is 51.7 Å². The normalized spacial score (nSPS) is 21.9. The number of β-amino-alcohol motifs (C(OH)–C–C–N with tert-alkyl or cyclic N) is 1. The van der Waals surface area contributed by atoms with Gasteiger partial charge in [-0.15, -0.1) is 0 Å². The lowest BCUT2D eigenvalue weighted by molar-refractivity contribution is -0.0621. The number of benzene rings is 2. The van der Waals surface area contributed by atoms with Crippen LogP contribution < -0.4 is 9.47 Å². The third-order valence-electron chi connectivity index (χ3n) is 6.73. The summed E-state index contributed by atoms with van der Waals surface area (Å²) in [6.07, 6.45) is 4.31. The first-order valence-electron chi connectivity index (χ1n) is 12.2. The van der Waals surface area contributed by atoms with Crippen LogP contribution >= 0.6 is 11.6 Å². The highest BCUT2D eigenvalue weighted by Crippen LogP contribution is 2.28. The predicted octanol–water partition coefficient (Wildman–Crippen LogP) is 4.84. The van der Waals surface area contributed by atoms with Crippen molar-refractivity contribution in [3.8, 4) is 11.5 Å². The second kappa shape index (κ2) is 11.1. The standard InChI is InChI=1S/C27H37ClN2O3/c1-21-15-25(16-22(2)26(21)28)33-20-27(31)9-6-12-30(19-27)18-23-7-5-8-24(17-23)32-14-13-29-10-3-4-11-29/h5,7-8,15-17,31H,3-4,6,9-14,18-20H2,1-2H3/t27-/m0/s1. The van der Waals surface area contributed by atoms with E-state index in [-0.39, 0.29) is 6.61 Å². The Kier molecular flexibility index (Phi) is 8.18. The Bertz CT molecular complexity index is 908. The topological polar surface area (TPSA) is 45.2 Å². The van der Waals surface area contributed by atoms with Gasteiger partial charge in [-0.3, -0.25) is 9.80 Å². The van der Waals surface area contributed by atoms with Crippen molar-refractivity contribution >= 4 is 11.6 Å². The average molecular weight is 473 g/mol. The summed E-state index contributed by atoms with van der Waals surface area (Å²) in [7, 11) is 0. The molecule has 5 nitrogen and oxygen atoms in total. The first kappa shape index (κ1) is 24.3. The number of likely N-dealkylation sites (tertiary alicyclic amines) is 2. The maximum Gasteiger partial charge on any atom is 0.120 e. The van der Waals surface area contributed by atoms with Crippen molar-refractivity contribution in [2.75, 3.05) is 45.9 Å². The molecule has 2 aromatic rings. The minimum Gasteiger partial charge on any atom is -0.492 e. The van der Waals surface area contributed by atoms with Gasteiger partial charge in [0.25, 0.3) is 0 Å². The number of halogens is 1. The smallest absolute Gasteiger partial charge is 0.120 e. The molecule has 1 atom stereocenters. The largest absolute Gasteiger partial charge is 0.492 e. The highest BCUT2D eigenvalue weighted by molar-refractivity contribution is 6.32. The number of hydrogen-bond acceptors (Lipinski definition) is 5. The minimum atomic E-state index is -0.858. The average Bonchev–Trinajstić information content (AvgIpc) is 3.30. The van der Waals surface area contributed by atoms with Crippen LogP contribution in [0.25, 0.3) is 0 Å². The molecule has 0 radical (unpaired) electrons. The highest BCUT2D eigenvalue weighted by atomic mass is 35.5. The fraction of sp³-hybridized carbons (Fsp3) is 0.556. The molecule has 2 aromatic carbocycles. The van der Waals surface area contributed by atoms with Crippen molar-refractivity contribution in [3.05, 3.63) is 58.1 Å². The van der Waals surface area contributed by atoms with Crippen molar-refractivity contribution in [2.24, 2.45) is 0 Å². The number of aryl methyl sites for hydroxylation is 2. The van der Waals surface area contributed by atoms with E-state index in [9.17, 15) is 5.11 Å². The summed E-state index contributed by atoms with van der Waals surface area (Å²) in [5.74, 6) is 1.69. The molecular weight excluding hydrogens is 436 g/mol. The zero-order valence-corrected chi connectivity index (χ0v) is 20.7. The van der Waals surface area contributed by atoms with E-state index in [1.54, 1.807) is 0 Å². The molecule has 4 rings (SSSR count). The van der Waals surface area contributed by atoms with E-state index in [1.807, 2.05) is 32.0 Å². The Morgan fingerprint density at radius 2 is 1.67 bits per heavy atom. The lowest BCUT2D eigenvalue weighted by Crippen LogP contribution is -2.51. The van der Waals surface area contributed by atoms with Crippen LogP contribution in [0.15, 0.2) is 36.4 Å². The predicted molar refractivity (Wildman–Crippen MR) is 133 cm³/mol. The van der Waals surface area contributed by atoms with Gasteiger partial charge >= 0.3 is 0 Å². The summed E-state index contributed by atoms with van der Waals surface area (Å²) in [6, 6.07) is 12.2. The van der Waals surface area contributed by atoms with Crippen LogP contribution in [0.3, 0.4) is 0 Å². The molecule has 1 N–H and O–H groups in total. The summed E-state index contributed by atoms with van der Waals surface area (Å²) >= 11 is 6.27. The molecule has 0 bridgehead atoms. The van der Waals surface area contributed by atoms with E-state index in [1.165, 1.54) is 31.5 Å². The molecule has 0 amide bonds. The summed E-state index contributed by atoms with van der Waals surface area (Å²) in [6.45, 7) is 10.7. The van der Waals surface area contributed by atoms with Gasteiger partial charge in [-0.05, 0) is 100 Å². The molecule has 2 aliphatic heterocycles. The molecule has 0 aliphatic carbocycles. The van der Waals surface area contributed by atoms with Crippen LogP contribution in [0.2, 0.25) is 5.02 Å². The van der Waals surface area contributed by atoms with Crippen LogP contribution in [0, 0.1) is 13.8 Å². The molecule has 2 aliphatic rings. The Labute approximate surface area is 203 Å². The Morgan fingerprint density at radius 1 is 0.939 bits per heavy atom. The van der Waals surface area contributed by atoms with Crippen molar-refractivity contribution in [3.63, 3.8) is 0 Å². The minimum absolute atomic E-state index is 0.281. The zero-order chi connectivity index (χ0) is 23.3. The van der Waals surface area contributed by atoms with Gasteiger partial charge in [0.05, 0.1) is 0 Å². The van der Waals surface area contributed by atoms with Gasteiger partial charge in [-0.2, -0.15) is 0 Å². The Balaban J connectivity index is 1.29. The number of hydrogen-bond donors (Lipinski definition) is 1. The number of piperidine rings is 1. The fourth-order valence-electron chi connectivity index (χ4n) is 4.96. The van der Waals surface area contributed by atoms with Crippen molar-refractivity contribution in [1.29, 1.82) is 0 Å². The van der Waals surface area contributed by atoms with Crippen molar-refractivity contribution < 1.29 is 14.6 Å². The lowest BCUT2D eigenvalue weighted by Gasteiger charge is -2.39. The van der Waals surface area contributed by atoms with Gasteiger partial charge in [0.15, 0.2) is 0 Å². The fourth-order valence-corrected chi connectivity index (χ4v) is 5.07. The SMILES string of the molecule is Cc1cc(OC[C@]2(O)CCCN(Cc3cccc(OCCN4CCCC4)c3)C2)cc(C)c1Cl. The molecule has 0 aromatic heterocycles. The number of nitrogens with zero attached hydrogens (tertiary/aromatic N) is 2. The molecule has 33 heavy (non-hydrogen) atoms. The van der Waals surface area contributed by atoms with Gasteiger partial charge in [0, 0.05) is 24.7 Å². The third kappa shape index (κ3) is 6.86. The number of rotatable bonds is 9. The van der Waals surface area contributed by atoms with Gasteiger partial charge < -0.3 is 14.6 Å². The van der Waals surface area contributed by atoms with E-state index >= 15 is 0 Å². The molecule has 2 saturated heterocycles. The maximum atomic E-state index is 11.2. The first-order chi connectivity index (χ1) is 15.9. The van der Waals surface area contributed by atoms with Crippen LogP contribution in [0.4, 0.5) is 0 Å².